The van der Waals surface area contributed by atoms with E-state index in [2.05, 4.69) is 4.98 Å². The maximum Gasteiger partial charge on any atom is 0.274 e. The summed E-state index contributed by atoms with van der Waals surface area (Å²) >= 11 is 1.30. The first-order valence-electron chi connectivity index (χ1n) is 7.51. The minimum atomic E-state index is -0.636. The molecule has 124 valence electrons. The molecule has 3 rings (SSSR count). The first-order chi connectivity index (χ1) is 11.6. The second-order valence-electron chi connectivity index (χ2n) is 5.48. The molecule has 1 amide bonds. The zero-order valence-corrected chi connectivity index (χ0v) is 13.9. The number of benzene rings is 1. The highest BCUT2D eigenvalue weighted by atomic mass is 32.1. The van der Waals surface area contributed by atoms with E-state index in [1.807, 2.05) is 30.3 Å². The predicted octanol–water partition coefficient (Wildman–Crippen LogP) is 1.95. The van der Waals surface area contributed by atoms with Crippen molar-refractivity contribution in [2.75, 3.05) is 13.6 Å². The maximum absolute atomic E-state index is 12.6. The average molecular weight is 343 g/mol. The molecule has 1 N–H and O–H groups in total. The smallest absolute Gasteiger partial charge is 0.274 e. The Morgan fingerprint density at radius 3 is 2.88 bits per heavy atom. The summed E-state index contributed by atoms with van der Waals surface area (Å²) in [5.41, 5.74) is 0.667. The minimum absolute atomic E-state index is 0.275. The van der Waals surface area contributed by atoms with Crippen molar-refractivity contribution in [2.45, 2.75) is 12.5 Å². The number of hydrogen-bond acceptors (Lipinski definition) is 5. The molecule has 0 fully saturated rings. The van der Waals surface area contributed by atoms with E-state index in [0.717, 1.165) is 5.56 Å². The summed E-state index contributed by atoms with van der Waals surface area (Å²) in [5, 5.41) is 12.0. The Balaban J connectivity index is 1.72. The third-order valence-corrected chi connectivity index (χ3v) is 4.56. The Bertz CT molecular complexity index is 904. The first-order valence-corrected chi connectivity index (χ1v) is 8.39. The highest BCUT2D eigenvalue weighted by Gasteiger charge is 2.18. The van der Waals surface area contributed by atoms with E-state index in [0.29, 0.717) is 17.9 Å². The van der Waals surface area contributed by atoms with E-state index in [9.17, 15) is 14.7 Å². The van der Waals surface area contributed by atoms with Crippen molar-refractivity contribution in [1.82, 2.24) is 14.3 Å². The topological polar surface area (TPSA) is 74.9 Å². The van der Waals surface area contributed by atoms with Gasteiger partial charge in [0.2, 0.25) is 0 Å². The zero-order chi connectivity index (χ0) is 17.1. The van der Waals surface area contributed by atoms with Crippen LogP contribution >= 0.6 is 11.3 Å². The molecule has 0 aliphatic carbocycles. The fraction of sp³-hybridized carbons (Fsp3) is 0.235. The van der Waals surface area contributed by atoms with Gasteiger partial charge in [0.15, 0.2) is 4.96 Å². The third-order valence-electron chi connectivity index (χ3n) is 3.80. The molecular weight excluding hydrogens is 326 g/mol. The summed E-state index contributed by atoms with van der Waals surface area (Å²) in [6.07, 6.45) is 1.49. The maximum atomic E-state index is 12.6. The Morgan fingerprint density at radius 2 is 2.12 bits per heavy atom. The summed E-state index contributed by atoms with van der Waals surface area (Å²) in [6.45, 7) is 0.373. The van der Waals surface area contributed by atoms with Crippen LogP contribution in [0.1, 0.15) is 28.6 Å². The van der Waals surface area contributed by atoms with Crippen molar-refractivity contribution in [3.63, 3.8) is 0 Å². The third kappa shape index (κ3) is 3.37. The van der Waals surface area contributed by atoms with E-state index in [1.54, 1.807) is 23.0 Å². The molecule has 0 saturated heterocycles. The molecule has 0 aliphatic rings. The van der Waals surface area contributed by atoms with Gasteiger partial charge in [-0.15, -0.1) is 11.3 Å². The van der Waals surface area contributed by atoms with Crippen molar-refractivity contribution >= 4 is 22.2 Å². The Labute approximate surface area is 142 Å². The van der Waals surface area contributed by atoms with Gasteiger partial charge in [0.25, 0.3) is 11.5 Å². The molecule has 0 spiro atoms. The number of amides is 1. The van der Waals surface area contributed by atoms with Crippen LogP contribution in [0.15, 0.2) is 52.8 Å². The van der Waals surface area contributed by atoms with Crippen LogP contribution in [0.3, 0.4) is 0 Å². The van der Waals surface area contributed by atoms with Crippen LogP contribution in [-0.4, -0.2) is 38.9 Å². The Hall–Kier alpha value is -2.51. The highest BCUT2D eigenvalue weighted by molar-refractivity contribution is 7.15. The van der Waals surface area contributed by atoms with Crippen LogP contribution in [0.2, 0.25) is 0 Å². The van der Waals surface area contributed by atoms with E-state index in [1.165, 1.54) is 22.3 Å². The lowest BCUT2D eigenvalue weighted by Gasteiger charge is -2.19. The monoisotopic (exact) mass is 343 g/mol. The molecule has 7 heteroatoms. The van der Waals surface area contributed by atoms with Gasteiger partial charge in [-0.3, -0.25) is 14.0 Å². The molecule has 1 atom stereocenters. The van der Waals surface area contributed by atoms with Gasteiger partial charge in [-0.25, -0.2) is 0 Å². The van der Waals surface area contributed by atoms with Crippen molar-refractivity contribution < 1.29 is 9.90 Å². The lowest BCUT2D eigenvalue weighted by Crippen LogP contribution is -2.31. The first kappa shape index (κ1) is 16.4. The van der Waals surface area contributed by atoms with Crippen molar-refractivity contribution in [3.8, 4) is 0 Å². The number of thiazole rings is 1. The summed E-state index contributed by atoms with van der Waals surface area (Å²) < 4.78 is 1.61. The molecule has 2 aromatic heterocycles. The number of fused-ring (bicyclic) bond motifs is 1. The number of aliphatic hydroxyl groups excluding tert-OH is 1. The van der Waals surface area contributed by atoms with E-state index >= 15 is 0 Å². The van der Waals surface area contributed by atoms with Gasteiger partial charge in [-0.1, -0.05) is 30.3 Å². The van der Waals surface area contributed by atoms with Gasteiger partial charge in [0, 0.05) is 31.2 Å². The van der Waals surface area contributed by atoms with Crippen molar-refractivity contribution in [3.05, 3.63) is 69.6 Å². The largest absolute Gasteiger partial charge is 0.388 e. The normalized spacial score (nSPS) is 12.2. The zero-order valence-electron chi connectivity index (χ0n) is 13.1. The molecule has 0 saturated carbocycles. The average Bonchev–Trinajstić information content (AvgIpc) is 3.07. The standard InChI is InChI=1S/C17H17N3O3S/c1-19(8-7-14(21)12-5-3-2-4-6-12)16(23)13-11-15(22)18-17-20(13)9-10-24-17/h2-6,9-11,14,21H,7-8H2,1H3/t14-/m0/s1. The van der Waals surface area contributed by atoms with Gasteiger partial charge in [0.1, 0.15) is 5.69 Å². The molecule has 1 aromatic carbocycles. The summed E-state index contributed by atoms with van der Waals surface area (Å²) in [4.78, 5) is 30.1. The molecule has 0 aliphatic heterocycles. The Kier molecular flexibility index (Phi) is 4.73. The quantitative estimate of drug-likeness (QED) is 0.768. The summed E-state index contributed by atoms with van der Waals surface area (Å²) in [7, 11) is 1.66. The fourth-order valence-electron chi connectivity index (χ4n) is 2.47. The van der Waals surface area contributed by atoms with Gasteiger partial charge < -0.3 is 10.0 Å². The number of aliphatic hydroxyl groups is 1. The number of nitrogens with zero attached hydrogens (tertiary/aromatic N) is 3. The van der Waals surface area contributed by atoms with E-state index < -0.39 is 11.7 Å². The van der Waals surface area contributed by atoms with Crippen molar-refractivity contribution in [2.24, 2.45) is 0 Å². The Morgan fingerprint density at radius 1 is 1.38 bits per heavy atom. The number of aromatic nitrogens is 2. The van der Waals surface area contributed by atoms with Gasteiger partial charge in [0.05, 0.1) is 6.10 Å². The van der Waals surface area contributed by atoms with Crippen LogP contribution in [0.25, 0.3) is 4.96 Å². The highest BCUT2D eigenvalue weighted by Crippen LogP contribution is 2.17. The van der Waals surface area contributed by atoms with Gasteiger partial charge >= 0.3 is 0 Å². The van der Waals surface area contributed by atoms with Crippen LogP contribution in [-0.2, 0) is 0 Å². The van der Waals surface area contributed by atoms with Crippen molar-refractivity contribution in [1.29, 1.82) is 0 Å². The lowest BCUT2D eigenvalue weighted by molar-refractivity contribution is 0.0754. The van der Waals surface area contributed by atoms with Crippen LogP contribution in [0.4, 0.5) is 0 Å². The van der Waals surface area contributed by atoms with Crippen LogP contribution in [0.5, 0.6) is 0 Å². The molecular formula is C17H17N3O3S. The minimum Gasteiger partial charge on any atom is -0.388 e. The molecule has 2 heterocycles. The molecule has 6 nitrogen and oxygen atoms in total. The molecule has 0 bridgehead atoms. The second-order valence-corrected chi connectivity index (χ2v) is 6.35. The fourth-order valence-corrected chi connectivity index (χ4v) is 3.19. The lowest BCUT2D eigenvalue weighted by atomic mass is 10.1. The molecule has 3 aromatic rings. The van der Waals surface area contributed by atoms with Gasteiger partial charge in [-0.05, 0) is 12.0 Å². The predicted molar refractivity (Wildman–Crippen MR) is 92.3 cm³/mol. The number of hydrogen-bond donors (Lipinski definition) is 1. The summed E-state index contributed by atoms with van der Waals surface area (Å²) in [6, 6.07) is 10.6. The van der Waals surface area contributed by atoms with E-state index in [-0.39, 0.29) is 11.6 Å². The number of carbonyl (C=O) groups excluding carboxylic acids is 1. The molecule has 0 unspecified atom stereocenters. The summed E-state index contributed by atoms with van der Waals surface area (Å²) in [5.74, 6) is -0.275. The molecule has 0 radical (unpaired) electrons. The number of rotatable bonds is 5. The van der Waals surface area contributed by atoms with Crippen LogP contribution < -0.4 is 5.56 Å². The number of carbonyl (C=O) groups is 1. The SMILES string of the molecule is CN(CC[C@H](O)c1ccccc1)C(=O)c1cc(=O)nc2sccn12. The van der Waals surface area contributed by atoms with Crippen LogP contribution in [0, 0.1) is 0 Å². The van der Waals surface area contributed by atoms with E-state index in [4.69, 9.17) is 0 Å². The van der Waals surface area contributed by atoms with Gasteiger partial charge in [-0.2, -0.15) is 4.98 Å². The molecule has 24 heavy (non-hydrogen) atoms. The second kappa shape index (κ2) is 6.94.